The fourth-order valence-electron chi connectivity index (χ4n) is 10.9. The summed E-state index contributed by atoms with van der Waals surface area (Å²) >= 11 is 0. The van der Waals surface area contributed by atoms with Gasteiger partial charge < -0.3 is 21.1 Å². The second-order valence-corrected chi connectivity index (χ2v) is 16.0. The van der Waals surface area contributed by atoms with Crippen LogP contribution in [0.15, 0.2) is 0 Å². The molecule has 4 aliphatic carbocycles. The number of hydrogen-bond acceptors (Lipinski definition) is 4. The largest absolute Gasteiger partial charge is 0.378 e. The number of unbranched alkanes of at least 4 members (excludes halogenated alkanes) is 5. The zero-order valence-electron chi connectivity index (χ0n) is 28.9. The van der Waals surface area contributed by atoms with E-state index < -0.39 is 0 Å². The highest BCUT2D eigenvalue weighted by Gasteiger charge is 2.60. The molecule has 0 spiro atoms. The van der Waals surface area contributed by atoms with Gasteiger partial charge in [-0.25, -0.2) is 0 Å². The predicted octanol–water partition coefficient (Wildman–Crippen LogP) is 8.25. The summed E-state index contributed by atoms with van der Waals surface area (Å²) < 4.78 is 6.47. The van der Waals surface area contributed by atoms with Crippen LogP contribution in [-0.4, -0.2) is 44.8 Å². The molecule has 0 unspecified atom stereocenters. The average Bonchev–Trinajstić information content (AvgIpc) is 3.36. The van der Waals surface area contributed by atoms with E-state index in [4.69, 9.17) is 10.5 Å². The highest BCUT2D eigenvalue weighted by atomic mass is 16.5. The van der Waals surface area contributed by atoms with Gasteiger partial charge in [0.2, 0.25) is 5.91 Å². The molecule has 4 aliphatic rings. The van der Waals surface area contributed by atoms with Gasteiger partial charge >= 0.3 is 0 Å². The number of carbonyl (C=O) groups is 1. The van der Waals surface area contributed by atoms with Crippen LogP contribution in [0.3, 0.4) is 0 Å². The summed E-state index contributed by atoms with van der Waals surface area (Å²) in [6.45, 7) is 14.7. The minimum Gasteiger partial charge on any atom is -0.378 e. The Hall–Kier alpha value is -0.650. The molecule has 0 saturated heterocycles. The van der Waals surface area contributed by atoms with Crippen LogP contribution in [0.4, 0.5) is 0 Å². The van der Waals surface area contributed by atoms with Crippen LogP contribution in [0.5, 0.6) is 0 Å². The Balaban J connectivity index is 1.19. The highest BCUT2D eigenvalue weighted by Crippen LogP contribution is 2.68. The molecule has 0 bridgehead atoms. The molecule has 0 heterocycles. The molecule has 5 nitrogen and oxygen atoms in total. The summed E-state index contributed by atoms with van der Waals surface area (Å²) in [4.78, 5) is 12.6. The second kappa shape index (κ2) is 17.3. The van der Waals surface area contributed by atoms with Crippen molar-refractivity contribution < 1.29 is 9.53 Å². The van der Waals surface area contributed by atoms with Crippen molar-refractivity contribution in [3.8, 4) is 0 Å². The zero-order chi connectivity index (χ0) is 30.7. The van der Waals surface area contributed by atoms with Crippen molar-refractivity contribution in [3.63, 3.8) is 0 Å². The first-order valence-corrected chi connectivity index (χ1v) is 19.1. The number of fused-ring (bicyclic) bond motifs is 5. The molecule has 0 aromatic rings. The lowest BCUT2D eigenvalue weighted by Gasteiger charge is -2.61. The van der Waals surface area contributed by atoms with E-state index in [-0.39, 0.29) is 5.91 Å². The van der Waals surface area contributed by atoms with E-state index in [1.165, 1.54) is 89.9 Å². The van der Waals surface area contributed by atoms with Crippen LogP contribution < -0.4 is 16.4 Å². The lowest BCUT2D eigenvalue weighted by atomic mass is 9.44. The maximum Gasteiger partial charge on any atom is 0.220 e. The highest BCUT2D eigenvalue weighted by molar-refractivity contribution is 5.75. The third kappa shape index (κ3) is 9.00. The molecule has 1 amide bonds. The Morgan fingerprint density at radius 2 is 1.63 bits per heavy atom. The Morgan fingerprint density at radius 1 is 0.860 bits per heavy atom. The molecule has 4 N–H and O–H groups in total. The fourth-order valence-corrected chi connectivity index (χ4v) is 10.9. The maximum atomic E-state index is 12.6. The Kier molecular flexibility index (Phi) is 14.2. The van der Waals surface area contributed by atoms with Crippen molar-refractivity contribution >= 4 is 5.91 Å². The molecule has 5 heteroatoms. The number of hydrogen-bond donors (Lipinski definition) is 3. The first kappa shape index (κ1) is 35.2. The second-order valence-electron chi connectivity index (χ2n) is 16.0. The third-order valence-electron chi connectivity index (χ3n) is 13.5. The first-order valence-electron chi connectivity index (χ1n) is 19.1. The summed E-state index contributed by atoms with van der Waals surface area (Å²) in [5.41, 5.74) is 6.57. The SMILES string of the molecule is CCCCCCCO[C@@H]1CC[C@@]2(C)[C@H](CC[C@@H]3[C@@H]2CC[C@]2(C)[C@@H]([C@H](C)CCC(=O)NCCCNCCCCN)CC[C@@H]32)C1. The van der Waals surface area contributed by atoms with Gasteiger partial charge in [0, 0.05) is 19.6 Å². The molecule has 250 valence electrons. The van der Waals surface area contributed by atoms with Gasteiger partial charge in [0.05, 0.1) is 6.10 Å². The average molecular weight is 602 g/mol. The van der Waals surface area contributed by atoms with E-state index in [0.29, 0.717) is 29.3 Å². The molecule has 4 fully saturated rings. The standard InChI is InChI=1S/C38H71N3O2/c1-5-6-7-8-11-27-43-31-19-21-37(3)30(28-31)14-15-32-34-17-16-33(38(34,4)22-20-35(32)37)29(2)13-18-36(42)41-26-12-25-40-24-10-9-23-39/h29-35,40H,5-28,39H2,1-4H3,(H,41,42)/t29-,30-,31-,32+,33-,34+,35+,37+,38-/m1/s1. The van der Waals surface area contributed by atoms with Gasteiger partial charge in [-0.3, -0.25) is 4.79 Å². The molecule has 9 atom stereocenters. The van der Waals surface area contributed by atoms with E-state index in [1.54, 1.807) is 0 Å². The molecule has 0 aromatic heterocycles. The predicted molar refractivity (Wildman–Crippen MR) is 181 cm³/mol. The Morgan fingerprint density at radius 3 is 2.44 bits per heavy atom. The quantitative estimate of drug-likeness (QED) is 0.130. The lowest BCUT2D eigenvalue weighted by molar-refractivity contribution is -0.137. The summed E-state index contributed by atoms with van der Waals surface area (Å²) in [6, 6.07) is 0. The number of carbonyl (C=O) groups excluding carboxylic acids is 1. The van der Waals surface area contributed by atoms with Crippen LogP contribution in [0, 0.1) is 46.3 Å². The third-order valence-corrected chi connectivity index (χ3v) is 13.5. The van der Waals surface area contributed by atoms with Crippen LogP contribution in [0.25, 0.3) is 0 Å². The zero-order valence-corrected chi connectivity index (χ0v) is 28.9. The van der Waals surface area contributed by atoms with Crippen molar-refractivity contribution in [3.05, 3.63) is 0 Å². The summed E-state index contributed by atoms with van der Waals surface area (Å²) in [5.74, 6) is 5.31. The monoisotopic (exact) mass is 602 g/mol. The van der Waals surface area contributed by atoms with E-state index in [9.17, 15) is 4.79 Å². The van der Waals surface area contributed by atoms with Crippen molar-refractivity contribution in [1.29, 1.82) is 0 Å². The molecule has 4 rings (SSSR count). The van der Waals surface area contributed by atoms with Crippen molar-refractivity contribution in [2.24, 2.45) is 52.1 Å². The minimum absolute atomic E-state index is 0.251. The van der Waals surface area contributed by atoms with Gasteiger partial charge in [-0.1, -0.05) is 53.4 Å². The van der Waals surface area contributed by atoms with Gasteiger partial charge in [0.1, 0.15) is 0 Å². The topological polar surface area (TPSA) is 76.4 Å². The van der Waals surface area contributed by atoms with E-state index in [0.717, 1.165) is 88.1 Å². The maximum absolute atomic E-state index is 12.6. The molecule has 0 radical (unpaired) electrons. The normalized spacial score (nSPS) is 36.0. The van der Waals surface area contributed by atoms with Crippen LogP contribution >= 0.6 is 0 Å². The summed E-state index contributed by atoms with van der Waals surface area (Å²) in [5, 5.41) is 6.63. The van der Waals surface area contributed by atoms with Gasteiger partial charge in [0.25, 0.3) is 0 Å². The van der Waals surface area contributed by atoms with Crippen molar-refractivity contribution in [2.45, 2.75) is 156 Å². The van der Waals surface area contributed by atoms with Crippen LogP contribution in [0.1, 0.15) is 150 Å². The summed E-state index contributed by atoms with van der Waals surface area (Å²) in [6.07, 6.45) is 24.7. The van der Waals surface area contributed by atoms with E-state index >= 15 is 0 Å². The van der Waals surface area contributed by atoms with Gasteiger partial charge in [-0.05, 0) is 156 Å². The Labute approximate surface area is 266 Å². The molecule has 4 saturated carbocycles. The first-order chi connectivity index (χ1) is 20.8. The van der Waals surface area contributed by atoms with E-state index in [2.05, 4.69) is 38.3 Å². The van der Waals surface area contributed by atoms with Gasteiger partial charge in [-0.2, -0.15) is 0 Å². The van der Waals surface area contributed by atoms with Crippen LogP contribution in [-0.2, 0) is 9.53 Å². The van der Waals surface area contributed by atoms with Crippen molar-refractivity contribution in [2.75, 3.05) is 32.8 Å². The van der Waals surface area contributed by atoms with Gasteiger partial charge in [-0.15, -0.1) is 0 Å². The Bertz CT molecular complexity index is 821. The number of nitrogens with two attached hydrogens (primary N) is 1. The van der Waals surface area contributed by atoms with Gasteiger partial charge in [0.15, 0.2) is 0 Å². The minimum atomic E-state index is 0.251. The molecule has 0 aromatic carbocycles. The van der Waals surface area contributed by atoms with Crippen molar-refractivity contribution in [1.82, 2.24) is 10.6 Å². The van der Waals surface area contributed by atoms with E-state index in [1.807, 2.05) is 0 Å². The number of amides is 1. The smallest absolute Gasteiger partial charge is 0.220 e. The molecule has 0 aliphatic heterocycles. The lowest BCUT2D eigenvalue weighted by Crippen LogP contribution is -2.54. The fraction of sp³-hybridized carbons (Fsp3) is 0.974. The number of nitrogens with one attached hydrogen (secondary N) is 2. The number of ether oxygens (including phenoxy) is 1. The molecular formula is C38H71N3O2. The molecule has 43 heavy (non-hydrogen) atoms. The number of rotatable bonds is 19. The van der Waals surface area contributed by atoms with Crippen LogP contribution in [0.2, 0.25) is 0 Å². The summed E-state index contributed by atoms with van der Waals surface area (Å²) in [7, 11) is 0. The molecular weight excluding hydrogens is 530 g/mol.